The van der Waals surface area contributed by atoms with Gasteiger partial charge in [-0.3, -0.25) is 0 Å². The first-order valence-corrected chi connectivity index (χ1v) is 7.41. The van der Waals surface area contributed by atoms with Crippen LogP contribution in [0.3, 0.4) is 0 Å². The molecule has 0 spiro atoms. The number of amides is 2. The van der Waals surface area contributed by atoms with Crippen molar-refractivity contribution < 1.29 is 9.90 Å². The van der Waals surface area contributed by atoms with Crippen LogP contribution in [0.15, 0.2) is 24.3 Å². The van der Waals surface area contributed by atoms with Crippen molar-refractivity contribution in [1.29, 1.82) is 0 Å². The highest BCUT2D eigenvalue weighted by atomic mass is 16.3. The second-order valence-corrected chi connectivity index (χ2v) is 5.72. The summed E-state index contributed by atoms with van der Waals surface area (Å²) in [5, 5.41) is 15.2. The first-order valence-electron chi connectivity index (χ1n) is 7.41. The molecule has 110 valence electrons. The SMILES string of the molecule is CC1CCCC(NC(=O)NCc2ccccc2CO)C1. The Kier molecular flexibility index (Phi) is 5.41. The summed E-state index contributed by atoms with van der Waals surface area (Å²) in [6, 6.07) is 7.78. The van der Waals surface area contributed by atoms with E-state index < -0.39 is 0 Å². The molecule has 0 aliphatic heterocycles. The Morgan fingerprint density at radius 1 is 1.30 bits per heavy atom. The Morgan fingerprint density at radius 2 is 2.05 bits per heavy atom. The van der Waals surface area contributed by atoms with Gasteiger partial charge in [0.05, 0.1) is 6.61 Å². The van der Waals surface area contributed by atoms with Crippen molar-refractivity contribution >= 4 is 6.03 Å². The number of urea groups is 1. The van der Waals surface area contributed by atoms with Crippen molar-refractivity contribution in [3.05, 3.63) is 35.4 Å². The van der Waals surface area contributed by atoms with Gasteiger partial charge in [0.2, 0.25) is 0 Å². The zero-order valence-corrected chi connectivity index (χ0v) is 12.1. The first kappa shape index (κ1) is 14.9. The minimum atomic E-state index is -0.114. The van der Waals surface area contributed by atoms with Crippen LogP contribution in [0.4, 0.5) is 4.79 Å². The molecule has 4 heteroatoms. The van der Waals surface area contributed by atoms with Gasteiger partial charge in [0.25, 0.3) is 0 Å². The molecule has 2 unspecified atom stereocenters. The van der Waals surface area contributed by atoms with E-state index in [4.69, 9.17) is 0 Å². The average Bonchev–Trinajstić information content (AvgIpc) is 2.45. The van der Waals surface area contributed by atoms with Gasteiger partial charge >= 0.3 is 6.03 Å². The number of aliphatic hydroxyl groups excluding tert-OH is 1. The van der Waals surface area contributed by atoms with Gasteiger partial charge in [-0.15, -0.1) is 0 Å². The monoisotopic (exact) mass is 276 g/mol. The molecule has 2 rings (SSSR count). The Morgan fingerprint density at radius 3 is 2.75 bits per heavy atom. The fourth-order valence-corrected chi connectivity index (χ4v) is 2.86. The molecule has 3 N–H and O–H groups in total. The van der Waals surface area contributed by atoms with Crippen molar-refractivity contribution in [1.82, 2.24) is 10.6 Å². The van der Waals surface area contributed by atoms with Crippen LogP contribution in [0.1, 0.15) is 43.7 Å². The number of hydrogen-bond donors (Lipinski definition) is 3. The van der Waals surface area contributed by atoms with Crippen molar-refractivity contribution in [3.63, 3.8) is 0 Å². The molecule has 1 aromatic rings. The van der Waals surface area contributed by atoms with E-state index in [-0.39, 0.29) is 12.6 Å². The molecule has 0 saturated heterocycles. The summed E-state index contributed by atoms with van der Waals surface area (Å²) in [5.74, 6) is 0.698. The van der Waals surface area contributed by atoms with Crippen molar-refractivity contribution in [2.75, 3.05) is 0 Å². The van der Waals surface area contributed by atoms with Gasteiger partial charge in [0.1, 0.15) is 0 Å². The molecule has 1 aromatic carbocycles. The highest BCUT2D eigenvalue weighted by molar-refractivity contribution is 5.74. The number of carbonyl (C=O) groups excluding carboxylic acids is 1. The van der Waals surface area contributed by atoms with Crippen LogP contribution in [-0.4, -0.2) is 17.2 Å². The minimum Gasteiger partial charge on any atom is -0.392 e. The quantitative estimate of drug-likeness (QED) is 0.791. The van der Waals surface area contributed by atoms with E-state index in [1.807, 2.05) is 24.3 Å². The van der Waals surface area contributed by atoms with Gasteiger partial charge in [0, 0.05) is 12.6 Å². The lowest BCUT2D eigenvalue weighted by Gasteiger charge is -2.27. The molecular formula is C16H24N2O2. The lowest BCUT2D eigenvalue weighted by atomic mass is 9.87. The van der Waals surface area contributed by atoms with Gasteiger partial charge in [0.15, 0.2) is 0 Å². The van der Waals surface area contributed by atoms with Crippen LogP contribution in [0, 0.1) is 5.92 Å². The summed E-state index contributed by atoms with van der Waals surface area (Å²) in [4.78, 5) is 11.9. The normalized spacial score (nSPS) is 22.3. The summed E-state index contributed by atoms with van der Waals surface area (Å²) < 4.78 is 0. The summed E-state index contributed by atoms with van der Waals surface area (Å²) in [6.45, 7) is 2.69. The van der Waals surface area contributed by atoms with Crippen LogP contribution in [0.2, 0.25) is 0 Å². The predicted molar refractivity (Wildman–Crippen MR) is 79.2 cm³/mol. The lowest BCUT2D eigenvalue weighted by Crippen LogP contribution is -2.43. The van der Waals surface area contributed by atoms with Crippen LogP contribution in [0.25, 0.3) is 0 Å². The number of rotatable bonds is 4. The fraction of sp³-hybridized carbons (Fsp3) is 0.562. The molecule has 1 fully saturated rings. The molecule has 0 radical (unpaired) electrons. The molecular weight excluding hydrogens is 252 g/mol. The molecule has 1 saturated carbocycles. The molecule has 2 amide bonds. The van der Waals surface area contributed by atoms with Crippen molar-refractivity contribution in [2.45, 2.75) is 51.8 Å². The van der Waals surface area contributed by atoms with Gasteiger partial charge in [-0.25, -0.2) is 4.79 Å². The highest BCUT2D eigenvalue weighted by Gasteiger charge is 2.20. The Hall–Kier alpha value is -1.55. The molecule has 0 heterocycles. The maximum atomic E-state index is 11.9. The number of aliphatic hydroxyl groups is 1. The third-order valence-corrected chi connectivity index (χ3v) is 4.00. The molecule has 1 aliphatic rings. The van der Waals surface area contributed by atoms with Gasteiger partial charge < -0.3 is 15.7 Å². The summed E-state index contributed by atoms with van der Waals surface area (Å²) in [6.07, 6.45) is 4.61. The second-order valence-electron chi connectivity index (χ2n) is 5.72. The van der Waals surface area contributed by atoms with Gasteiger partial charge in [-0.05, 0) is 29.9 Å². The summed E-state index contributed by atoms with van der Waals surface area (Å²) >= 11 is 0. The Labute approximate surface area is 120 Å². The van der Waals surface area contributed by atoms with Crippen LogP contribution in [0.5, 0.6) is 0 Å². The standard InChI is InChI=1S/C16H24N2O2/c1-12-5-4-8-15(9-12)18-16(20)17-10-13-6-2-3-7-14(13)11-19/h2-3,6-7,12,15,19H,4-5,8-11H2,1H3,(H2,17,18,20). The van der Waals surface area contributed by atoms with E-state index in [9.17, 15) is 9.90 Å². The zero-order valence-electron chi connectivity index (χ0n) is 12.1. The first-order chi connectivity index (χ1) is 9.69. The topological polar surface area (TPSA) is 61.4 Å². The van der Waals surface area contributed by atoms with E-state index in [0.29, 0.717) is 18.5 Å². The van der Waals surface area contributed by atoms with Gasteiger partial charge in [-0.2, -0.15) is 0 Å². The second kappa shape index (κ2) is 7.29. The van der Waals surface area contributed by atoms with Gasteiger partial charge in [-0.1, -0.05) is 44.0 Å². The van der Waals surface area contributed by atoms with Crippen molar-refractivity contribution in [3.8, 4) is 0 Å². The number of hydrogen-bond acceptors (Lipinski definition) is 2. The minimum absolute atomic E-state index is 0.000385. The Balaban J connectivity index is 1.80. The molecule has 20 heavy (non-hydrogen) atoms. The maximum Gasteiger partial charge on any atom is 0.315 e. The smallest absolute Gasteiger partial charge is 0.315 e. The van der Waals surface area contributed by atoms with E-state index in [0.717, 1.165) is 24.0 Å². The predicted octanol–water partition coefficient (Wildman–Crippen LogP) is 2.56. The molecule has 1 aliphatic carbocycles. The third-order valence-electron chi connectivity index (χ3n) is 4.00. The molecule has 2 atom stereocenters. The lowest BCUT2D eigenvalue weighted by molar-refractivity contribution is 0.227. The van der Waals surface area contributed by atoms with E-state index in [2.05, 4.69) is 17.6 Å². The molecule has 0 aromatic heterocycles. The maximum absolute atomic E-state index is 11.9. The average molecular weight is 276 g/mol. The third kappa shape index (κ3) is 4.23. The molecule has 4 nitrogen and oxygen atoms in total. The van der Waals surface area contributed by atoms with Crippen LogP contribution >= 0.6 is 0 Å². The Bertz CT molecular complexity index is 448. The number of nitrogens with one attached hydrogen (secondary N) is 2. The largest absolute Gasteiger partial charge is 0.392 e. The van der Waals surface area contributed by atoms with E-state index in [1.54, 1.807) is 0 Å². The number of benzene rings is 1. The molecule has 0 bridgehead atoms. The highest BCUT2D eigenvalue weighted by Crippen LogP contribution is 2.23. The summed E-state index contributed by atoms with van der Waals surface area (Å²) in [7, 11) is 0. The van der Waals surface area contributed by atoms with E-state index in [1.165, 1.54) is 12.8 Å². The summed E-state index contributed by atoms with van der Waals surface area (Å²) in [5.41, 5.74) is 1.82. The van der Waals surface area contributed by atoms with Crippen LogP contribution in [-0.2, 0) is 13.2 Å². The van der Waals surface area contributed by atoms with Crippen LogP contribution < -0.4 is 10.6 Å². The zero-order chi connectivity index (χ0) is 14.4. The van der Waals surface area contributed by atoms with Crippen molar-refractivity contribution in [2.24, 2.45) is 5.92 Å². The number of carbonyl (C=O) groups is 1. The fourth-order valence-electron chi connectivity index (χ4n) is 2.86. The van der Waals surface area contributed by atoms with E-state index >= 15 is 0 Å².